The average molecular weight is 255 g/mol. The second-order valence-corrected chi connectivity index (χ2v) is 5.47. The minimum absolute atomic E-state index is 0.0309. The Bertz CT molecular complexity index is 286. The molecule has 0 aromatic rings. The number of amidine groups is 1. The molecular formula is C13H25N3O2. The van der Waals surface area contributed by atoms with E-state index in [9.17, 15) is 4.79 Å². The molecule has 0 aromatic carbocycles. The monoisotopic (exact) mass is 255 g/mol. The fraction of sp³-hybridized carbons (Fsp3) is 0.846. The molecule has 1 atom stereocenters. The van der Waals surface area contributed by atoms with Gasteiger partial charge in [0.25, 0.3) is 0 Å². The van der Waals surface area contributed by atoms with Crippen LogP contribution in [0.25, 0.3) is 0 Å². The van der Waals surface area contributed by atoms with E-state index >= 15 is 0 Å². The van der Waals surface area contributed by atoms with Crippen molar-refractivity contribution >= 4 is 11.9 Å². The predicted molar refractivity (Wildman–Crippen MR) is 71.6 cm³/mol. The van der Waals surface area contributed by atoms with Gasteiger partial charge in [-0.3, -0.25) is 5.41 Å². The van der Waals surface area contributed by atoms with Gasteiger partial charge in [-0.05, 0) is 24.7 Å². The molecule has 0 radical (unpaired) electrons. The zero-order chi connectivity index (χ0) is 13.5. The van der Waals surface area contributed by atoms with E-state index in [2.05, 4.69) is 5.32 Å². The van der Waals surface area contributed by atoms with Crippen molar-refractivity contribution in [2.75, 3.05) is 6.61 Å². The molecule has 104 valence electrons. The Labute approximate surface area is 109 Å². The van der Waals surface area contributed by atoms with Crippen molar-refractivity contribution in [1.82, 2.24) is 5.32 Å². The lowest BCUT2D eigenvalue weighted by Gasteiger charge is -2.29. The number of nitrogens with one attached hydrogen (secondary N) is 2. The van der Waals surface area contributed by atoms with Gasteiger partial charge in [0.2, 0.25) is 0 Å². The third kappa shape index (κ3) is 4.94. The first-order valence-corrected chi connectivity index (χ1v) is 6.78. The number of ether oxygens (including phenoxy) is 1. The van der Waals surface area contributed by atoms with Crippen LogP contribution < -0.4 is 11.1 Å². The molecule has 18 heavy (non-hydrogen) atoms. The summed E-state index contributed by atoms with van der Waals surface area (Å²) in [5.41, 5.74) is 5.58. The van der Waals surface area contributed by atoms with Crippen molar-refractivity contribution in [2.24, 2.45) is 17.6 Å². The van der Waals surface area contributed by atoms with Gasteiger partial charge in [0.15, 0.2) is 0 Å². The van der Waals surface area contributed by atoms with Crippen molar-refractivity contribution in [2.45, 2.75) is 52.0 Å². The highest BCUT2D eigenvalue weighted by molar-refractivity contribution is 5.86. The van der Waals surface area contributed by atoms with Gasteiger partial charge in [-0.15, -0.1) is 0 Å². The standard InChI is InChI=1S/C13H25N3O2/c1-9(2)8-18-13(17)16-11(12(14)15)10-6-4-3-5-7-10/h9-11H,3-8H2,1-2H3,(H3,14,15)(H,16,17). The van der Waals surface area contributed by atoms with Crippen LogP contribution in [-0.2, 0) is 4.74 Å². The Morgan fingerprint density at radius 2 is 2.00 bits per heavy atom. The highest BCUT2D eigenvalue weighted by Gasteiger charge is 2.27. The van der Waals surface area contributed by atoms with Crippen LogP contribution in [-0.4, -0.2) is 24.6 Å². The highest BCUT2D eigenvalue weighted by atomic mass is 16.5. The third-order valence-electron chi connectivity index (χ3n) is 3.28. The van der Waals surface area contributed by atoms with E-state index in [0.29, 0.717) is 12.5 Å². The maximum absolute atomic E-state index is 11.6. The minimum atomic E-state index is -0.463. The first-order valence-electron chi connectivity index (χ1n) is 6.78. The van der Waals surface area contributed by atoms with Crippen LogP contribution >= 0.6 is 0 Å². The van der Waals surface area contributed by atoms with Crippen LogP contribution in [0.5, 0.6) is 0 Å². The van der Waals surface area contributed by atoms with Gasteiger partial charge in [0.05, 0.1) is 12.6 Å². The third-order valence-corrected chi connectivity index (χ3v) is 3.28. The summed E-state index contributed by atoms with van der Waals surface area (Å²) < 4.78 is 5.07. The molecule has 0 aliphatic heterocycles. The number of amides is 1. The van der Waals surface area contributed by atoms with Crippen LogP contribution in [0.2, 0.25) is 0 Å². The van der Waals surface area contributed by atoms with E-state index in [1.165, 1.54) is 6.42 Å². The molecule has 5 heteroatoms. The summed E-state index contributed by atoms with van der Waals surface area (Å²) in [5.74, 6) is 0.618. The van der Waals surface area contributed by atoms with Gasteiger partial charge in [-0.1, -0.05) is 33.1 Å². The van der Waals surface area contributed by atoms with Crippen molar-refractivity contribution in [3.8, 4) is 0 Å². The number of hydrogen-bond acceptors (Lipinski definition) is 3. The van der Waals surface area contributed by atoms with Gasteiger partial charge >= 0.3 is 6.09 Å². The molecule has 1 unspecified atom stereocenters. The topological polar surface area (TPSA) is 88.2 Å². The van der Waals surface area contributed by atoms with E-state index in [-0.39, 0.29) is 17.8 Å². The fourth-order valence-corrected chi connectivity index (χ4v) is 2.33. The average Bonchev–Trinajstić information content (AvgIpc) is 2.34. The Kier molecular flexibility index (Phi) is 5.95. The number of rotatable bonds is 5. The Morgan fingerprint density at radius 1 is 1.39 bits per heavy atom. The molecule has 4 N–H and O–H groups in total. The van der Waals surface area contributed by atoms with Gasteiger partial charge < -0.3 is 15.8 Å². The number of alkyl carbamates (subject to hydrolysis) is 1. The maximum atomic E-state index is 11.6. The lowest BCUT2D eigenvalue weighted by Crippen LogP contribution is -2.49. The number of carbonyl (C=O) groups is 1. The van der Waals surface area contributed by atoms with Gasteiger partial charge in [-0.2, -0.15) is 0 Å². The van der Waals surface area contributed by atoms with E-state index in [4.69, 9.17) is 15.9 Å². The molecule has 0 saturated heterocycles. The van der Waals surface area contributed by atoms with E-state index in [1.807, 2.05) is 13.8 Å². The van der Waals surface area contributed by atoms with Crippen LogP contribution in [0, 0.1) is 17.2 Å². The van der Waals surface area contributed by atoms with Gasteiger partial charge in [-0.25, -0.2) is 4.79 Å². The highest BCUT2D eigenvalue weighted by Crippen LogP contribution is 2.26. The molecule has 0 aromatic heterocycles. The molecule has 1 amide bonds. The van der Waals surface area contributed by atoms with Crippen molar-refractivity contribution in [3.05, 3.63) is 0 Å². The molecular weight excluding hydrogens is 230 g/mol. The second kappa shape index (κ2) is 7.24. The van der Waals surface area contributed by atoms with Gasteiger partial charge in [0.1, 0.15) is 5.84 Å². The number of hydrogen-bond donors (Lipinski definition) is 3. The van der Waals surface area contributed by atoms with Crippen molar-refractivity contribution in [1.29, 1.82) is 5.41 Å². The Hall–Kier alpha value is -1.26. The van der Waals surface area contributed by atoms with E-state index in [1.54, 1.807) is 0 Å². The summed E-state index contributed by atoms with van der Waals surface area (Å²) in [4.78, 5) is 11.6. The fourth-order valence-electron chi connectivity index (χ4n) is 2.33. The van der Waals surface area contributed by atoms with Crippen LogP contribution in [0.3, 0.4) is 0 Å². The van der Waals surface area contributed by atoms with Crippen LogP contribution in [0.4, 0.5) is 4.79 Å². The Morgan fingerprint density at radius 3 is 2.50 bits per heavy atom. The lowest BCUT2D eigenvalue weighted by molar-refractivity contribution is 0.127. The quantitative estimate of drug-likeness (QED) is 0.520. The largest absolute Gasteiger partial charge is 0.449 e. The summed E-state index contributed by atoms with van der Waals surface area (Å²) in [7, 11) is 0. The summed E-state index contributed by atoms with van der Waals surface area (Å²) in [6.45, 7) is 4.36. The normalized spacial score (nSPS) is 18.4. The lowest BCUT2D eigenvalue weighted by atomic mass is 9.83. The summed E-state index contributed by atoms with van der Waals surface area (Å²) in [6.07, 6.45) is 5.12. The van der Waals surface area contributed by atoms with Crippen LogP contribution in [0.15, 0.2) is 0 Å². The Balaban J connectivity index is 2.46. The molecule has 0 heterocycles. The molecule has 5 nitrogen and oxygen atoms in total. The molecule has 1 aliphatic carbocycles. The zero-order valence-corrected chi connectivity index (χ0v) is 11.4. The smallest absolute Gasteiger partial charge is 0.407 e. The summed E-state index contributed by atoms with van der Waals surface area (Å²) in [6, 6.07) is -0.370. The number of carbonyl (C=O) groups excluding carboxylic acids is 1. The first kappa shape index (κ1) is 14.8. The van der Waals surface area contributed by atoms with Crippen molar-refractivity contribution in [3.63, 3.8) is 0 Å². The second-order valence-electron chi connectivity index (χ2n) is 5.47. The molecule has 1 fully saturated rings. The van der Waals surface area contributed by atoms with E-state index in [0.717, 1.165) is 25.7 Å². The van der Waals surface area contributed by atoms with Crippen molar-refractivity contribution < 1.29 is 9.53 Å². The summed E-state index contributed by atoms with van der Waals surface area (Å²) >= 11 is 0. The molecule has 1 aliphatic rings. The molecule has 0 bridgehead atoms. The molecule has 1 rings (SSSR count). The molecule has 1 saturated carbocycles. The number of nitrogens with two attached hydrogens (primary N) is 1. The van der Waals surface area contributed by atoms with Crippen LogP contribution in [0.1, 0.15) is 46.0 Å². The SMILES string of the molecule is CC(C)COC(=O)NC(C(=N)N)C1CCCCC1. The first-order chi connectivity index (χ1) is 8.50. The minimum Gasteiger partial charge on any atom is -0.449 e. The predicted octanol–water partition coefficient (Wildman–Crippen LogP) is 2.25. The zero-order valence-electron chi connectivity index (χ0n) is 11.4. The molecule has 0 spiro atoms. The summed E-state index contributed by atoms with van der Waals surface area (Å²) in [5, 5.41) is 10.3. The van der Waals surface area contributed by atoms with Gasteiger partial charge in [0, 0.05) is 0 Å². The maximum Gasteiger partial charge on any atom is 0.407 e. The van der Waals surface area contributed by atoms with E-state index < -0.39 is 6.09 Å².